The number of allylic oxidation sites excluding steroid dienone is 17. The van der Waals surface area contributed by atoms with Gasteiger partial charge in [-0.25, -0.2) is 9.36 Å². The summed E-state index contributed by atoms with van der Waals surface area (Å²) in [6.07, 6.45) is 55.7. The minimum atomic E-state index is -4.79. The third kappa shape index (κ3) is 42.6. The fraction of sp³-hybridized carbons (Fsp3) is 0.571. The van der Waals surface area contributed by atoms with Crippen LogP contribution in [0.2, 0.25) is 0 Å². The molecule has 0 heterocycles. The average Bonchev–Trinajstić information content (AvgIpc) is 3.24. The molecule has 0 fully saturated rings. The first-order chi connectivity index (χ1) is 29.6. The number of nitrogens with one attached hydrogen (secondary N) is 1. The molecular formula is C49H78NO10P. The number of rotatable bonds is 40. The van der Waals surface area contributed by atoms with Crippen molar-refractivity contribution in [3.8, 4) is 0 Å². The molecule has 1 amide bonds. The fourth-order valence-electron chi connectivity index (χ4n) is 5.36. The molecule has 0 aromatic rings. The van der Waals surface area contributed by atoms with Crippen molar-refractivity contribution in [3.63, 3.8) is 0 Å². The molecule has 0 aliphatic heterocycles. The number of aliphatic carboxylic acids is 1. The molecule has 4 N–H and O–H groups in total. The molecule has 3 atom stereocenters. The van der Waals surface area contributed by atoms with Crippen molar-refractivity contribution < 1.29 is 47.8 Å². The Balaban J connectivity index is 4.08. The zero-order chi connectivity index (χ0) is 44.9. The second-order valence-electron chi connectivity index (χ2n) is 14.5. The number of amides is 1. The minimum absolute atomic E-state index is 0.0970. The van der Waals surface area contributed by atoms with Crippen molar-refractivity contribution in [3.05, 3.63) is 109 Å². The smallest absolute Gasteiger partial charge is 0.472 e. The number of phosphoric ester groups is 1. The highest BCUT2D eigenvalue weighted by molar-refractivity contribution is 7.47. The number of carbonyl (C=O) groups excluding carboxylic acids is 2. The summed E-state index contributed by atoms with van der Waals surface area (Å²) in [6, 6.07) is -1.61. The number of hydrogen-bond donors (Lipinski definition) is 4. The van der Waals surface area contributed by atoms with Crippen molar-refractivity contribution >= 4 is 25.7 Å². The molecule has 0 aromatic carbocycles. The Kier molecular flexibility index (Phi) is 40.1. The van der Waals surface area contributed by atoms with Crippen LogP contribution in [0.25, 0.3) is 0 Å². The summed E-state index contributed by atoms with van der Waals surface area (Å²) in [5, 5.41) is 21.7. The zero-order valence-corrected chi connectivity index (χ0v) is 38.1. The maximum atomic E-state index is 12.3. The maximum absolute atomic E-state index is 12.3. The summed E-state index contributed by atoms with van der Waals surface area (Å²) in [6.45, 7) is 2.36. The lowest BCUT2D eigenvalue weighted by Crippen LogP contribution is -2.43. The summed E-state index contributed by atoms with van der Waals surface area (Å²) < 4.78 is 26.8. The van der Waals surface area contributed by atoms with Gasteiger partial charge in [-0.15, -0.1) is 0 Å². The molecule has 0 aromatic heterocycles. The highest BCUT2D eigenvalue weighted by Crippen LogP contribution is 2.43. The number of carbonyl (C=O) groups is 3. The van der Waals surface area contributed by atoms with Gasteiger partial charge in [0.2, 0.25) is 5.91 Å². The molecule has 61 heavy (non-hydrogen) atoms. The Hall–Kier alpha value is -3.86. The molecule has 0 rings (SSSR count). The van der Waals surface area contributed by atoms with Gasteiger partial charge in [0, 0.05) is 12.8 Å². The van der Waals surface area contributed by atoms with E-state index in [4.69, 9.17) is 13.8 Å². The molecule has 12 heteroatoms. The Morgan fingerprint density at radius 3 is 1.48 bits per heavy atom. The van der Waals surface area contributed by atoms with Crippen molar-refractivity contribution in [2.24, 2.45) is 0 Å². The maximum Gasteiger partial charge on any atom is 0.472 e. The molecule has 11 nitrogen and oxygen atoms in total. The number of aliphatic hydroxyl groups excluding tert-OH is 1. The number of aliphatic hydroxyl groups is 1. The van der Waals surface area contributed by atoms with Gasteiger partial charge in [0.05, 0.1) is 13.2 Å². The van der Waals surface area contributed by atoms with Gasteiger partial charge in [-0.2, -0.15) is 0 Å². The number of unbranched alkanes of at least 4 members (excludes halogenated alkanes) is 9. The van der Waals surface area contributed by atoms with E-state index in [1.54, 1.807) is 12.2 Å². The van der Waals surface area contributed by atoms with Crippen LogP contribution < -0.4 is 5.32 Å². The van der Waals surface area contributed by atoms with Crippen molar-refractivity contribution in [1.29, 1.82) is 0 Å². The summed E-state index contributed by atoms with van der Waals surface area (Å²) in [5.74, 6) is -2.58. The predicted molar refractivity (Wildman–Crippen MR) is 249 cm³/mol. The summed E-state index contributed by atoms with van der Waals surface area (Å²) >= 11 is 0. The molecule has 3 unspecified atom stereocenters. The Labute approximate surface area is 367 Å². The molecule has 344 valence electrons. The molecule has 0 saturated carbocycles. The van der Waals surface area contributed by atoms with E-state index in [1.165, 1.54) is 25.7 Å². The summed E-state index contributed by atoms with van der Waals surface area (Å²) in [4.78, 5) is 45.9. The van der Waals surface area contributed by atoms with Gasteiger partial charge in [-0.3, -0.25) is 18.6 Å². The van der Waals surface area contributed by atoms with Gasteiger partial charge < -0.3 is 25.2 Å². The third-order valence-corrected chi connectivity index (χ3v) is 9.78. The second-order valence-corrected chi connectivity index (χ2v) is 16.0. The van der Waals surface area contributed by atoms with Crippen LogP contribution >= 0.6 is 7.82 Å². The van der Waals surface area contributed by atoms with Crippen LogP contribution in [0.1, 0.15) is 149 Å². The van der Waals surface area contributed by atoms with Gasteiger partial charge in [0.1, 0.15) is 12.7 Å². The number of ether oxygens (including phenoxy) is 1. The van der Waals surface area contributed by atoms with E-state index in [2.05, 4.69) is 104 Å². The van der Waals surface area contributed by atoms with E-state index < -0.39 is 57.6 Å². The number of phosphoric acid groups is 1. The van der Waals surface area contributed by atoms with Crippen molar-refractivity contribution in [2.45, 2.75) is 161 Å². The molecule has 0 bridgehead atoms. The molecule has 0 radical (unpaired) electrons. The quantitative estimate of drug-likeness (QED) is 0.0201. The molecule has 0 spiro atoms. The number of carboxylic acids is 1. The molecule has 0 aliphatic carbocycles. The fourth-order valence-corrected chi connectivity index (χ4v) is 6.14. The zero-order valence-electron chi connectivity index (χ0n) is 37.2. The van der Waals surface area contributed by atoms with E-state index >= 15 is 0 Å². The van der Waals surface area contributed by atoms with E-state index in [-0.39, 0.29) is 12.8 Å². The molecule has 0 saturated heterocycles. The lowest BCUT2D eigenvalue weighted by Gasteiger charge is -2.18. The van der Waals surface area contributed by atoms with Crippen LogP contribution in [0.4, 0.5) is 0 Å². The minimum Gasteiger partial charge on any atom is -0.480 e. The molecule has 0 aliphatic rings. The average molecular weight is 872 g/mol. The van der Waals surface area contributed by atoms with Gasteiger partial charge in [-0.05, 0) is 83.5 Å². The van der Waals surface area contributed by atoms with Gasteiger partial charge in [0.25, 0.3) is 0 Å². The van der Waals surface area contributed by atoms with Gasteiger partial charge in [0.15, 0.2) is 6.04 Å². The Bertz CT molecular complexity index is 1440. The lowest BCUT2D eigenvalue weighted by molar-refractivity contribution is -0.147. The van der Waals surface area contributed by atoms with E-state index in [9.17, 15) is 34.1 Å². The lowest BCUT2D eigenvalue weighted by atomic mass is 10.1. The van der Waals surface area contributed by atoms with E-state index in [0.29, 0.717) is 12.8 Å². The van der Waals surface area contributed by atoms with Crippen LogP contribution in [0.15, 0.2) is 109 Å². The van der Waals surface area contributed by atoms with Crippen molar-refractivity contribution in [1.82, 2.24) is 5.32 Å². The van der Waals surface area contributed by atoms with E-state index in [0.717, 1.165) is 83.5 Å². The van der Waals surface area contributed by atoms with E-state index in [1.807, 2.05) is 12.2 Å². The molecular weight excluding hydrogens is 794 g/mol. The van der Waals surface area contributed by atoms with Crippen LogP contribution in [0.3, 0.4) is 0 Å². The van der Waals surface area contributed by atoms with Gasteiger partial charge in [-0.1, -0.05) is 162 Å². The first-order valence-corrected chi connectivity index (χ1v) is 23.9. The first-order valence-electron chi connectivity index (χ1n) is 22.4. The van der Waals surface area contributed by atoms with Gasteiger partial charge >= 0.3 is 19.8 Å². The number of carboxylic acid groups (broad SMARTS) is 1. The van der Waals surface area contributed by atoms with Crippen LogP contribution in [0, 0.1) is 0 Å². The first kappa shape index (κ1) is 57.1. The number of hydrogen-bond acceptors (Lipinski definition) is 8. The second kappa shape index (κ2) is 42.8. The highest BCUT2D eigenvalue weighted by atomic mass is 31.2. The normalized spacial score (nSPS) is 14.7. The van der Waals surface area contributed by atoms with Crippen LogP contribution in [0.5, 0.6) is 0 Å². The highest BCUT2D eigenvalue weighted by Gasteiger charge is 2.28. The standard InChI is InChI=1S/C49H78NO10P/c1-3-5-7-9-11-13-15-17-19-21-22-23-24-25-26-28-30-32-34-36-38-40-47(52)50-46(49(54)55)44-60-61(56,57)59-43-45(51)42-58-48(53)41-39-37-35-33-31-29-27-20-18-16-14-12-10-8-6-4-2/h5,7,11,13-14,16-17,19-20,22-23,25-27,30,32,36,38,45-46,51H,3-4,6,8-10,12,15,18,21,24,28-29,31,33-35,37,39-44H2,1-2H3,(H,50,52)(H,54,55)(H,56,57)/b7-5-,13-11-,16-14-,19-17-,23-22-,26-25-,27-20-,32-30-,38-36-. The predicted octanol–water partition coefficient (Wildman–Crippen LogP) is 11.8. The number of esters is 1. The summed E-state index contributed by atoms with van der Waals surface area (Å²) in [5.41, 5.74) is 0. The SMILES string of the molecule is CC/C=C\C/C=C\C/C=C\C/C=C\C/C=C\C/C=C\C/C=C\CC(=O)NC(COP(=O)(O)OCC(O)COC(=O)CCCCCCC/C=C\C/C=C\CCCCCC)C(=O)O. The van der Waals surface area contributed by atoms with Crippen molar-refractivity contribution in [2.75, 3.05) is 19.8 Å². The van der Waals surface area contributed by atoms with Crippen LogP contribution in [-0.4, -0.2) is 64.9 Å². The Morgan fingerprint density at radius 1 is 0.557 bits per heavy atom. The summed E-state index contributed by atoms with van der Waals surface area (Å²) in [7, 11) is -4.79. The largest absolute Gasteiger partial charge is 0.480 e. The Morgan fingerprint density at radius 2 is 0.984 bits per heavy atom. The third-order valence-electron chi connectivity index (χ3n) is 8.82. The topological polar surface area (TPSA) is 169 Å². The monoisotopic (exact) mass is 872 g/mol. The van der Waals surface area contributed by atoms with Crippen LogP contribution in [-0.2, 0) is 32.7 Å².